The van der Waals surface area contributed by atoms with Crippen LogP contribution in [-0.2, 0) is 11.3 Å². The fourth-order valence-corrected chi connectivity index (χ4v) is 4.57. The van der Waals surface area contributed by atoms with Gasteiger partial charge < -0.3 is 24.4 Å². The molecular formula is C24H29N3O5. The fourth-order valence-electron chi connectivity index (χ4n) is 4.57. The average Bonchev–Trinajstić information content (AvgIpc) is 3.07. The summed E-state index contributed by atoms with van der Waals surface area (Å²) in [5, 5.41) is 3.15. The van der Waals surface area contributed by atoms with Gasteiger partial charge in [0.25, 0.3) is 5.91 Å². The molecule has 2 aliphatic rings. The number of hydrogen-bond donors (Lipinski definition) is 1. The maximum atomic E-state index is 13.2. The molecule has 0 unspecified atom stereocenters. The number of carbonyl (C=O) groups is 2. The highest BCUT2D eigenvalue weighted by Crippen LogP contribution is 2.36. The molecule has 1 fully saturated rings. The first-order valence-corrected chi connectivity index (χ1v) is 10.6. The first-order chi connectivity index (χ1) is 15.4. The minimum absolute atomic E-state index is 0.0379. The zero-order chi connectivity index (χ0) is 22.9. The van der Waals surface area contributed by atoms with Crippen LogP contribution in [-0.4, -0.2) is 75.2 Å². The number of para-hydroxylation sites is 1. The second-order valence-electron chi connectivity index (χ2n) is 8.53. The summed E-state index contributed by atoms with van der Waals surface area (Å²) in [6, 6.07) is 12.9. The molecule has 1 N–H and O–H groups in total. The Morgan fingerprint density at radius 3 is 2.72 bits per heavy atom. The average molecular weight is 440 g/mol. The molecule has 2 atom stereocenters. The summed E-state index contributed by atoms with van der Waals surface area (Å²) in [5.74, 6) is 1.26. The van der Waals surface area contributed by atoms with E-state index in [0.717, 1.165) is 5.56 Å². The SMILES string of the molecule is COc1ccc(CN2C[C@H](C(=O)N(C)C)[C@]3(COc4ccccc4C(=O)N3)C2)c(OC)c1. The van der Waals surface area contributed by atoms with Crippen molar-refractivity contribution < 1.29 is 23.8 Å². The van der Waals surface area contributed by atoms with Crippen molar-refractivity contribution in [1.82, 2.24) is 15.1 Å². The van der Waals surface area contributed by atoms with E-state index in [-0.39, 0.29) is 18.4 Å². The van der Waals surface area contributed by atoms with Crippen LogP contribution < -0.4 is 19.5 Å². The van der Waals surface area contributed by atoms with Crippen LogP contribution in [0.15, 0.2) is 42.5 Å². The fraction of sp³-hybridized carbons (Fsp3) is 0.417. The molecule has 0 aromatic heterocycles. The summed E-state index contributed by atoms with van der Waals surface area (Å²) < 4.78 is 16.9. The Morgan fingerprint density at radius 1 is 1.22 bits per heavy atom. The molecule has 1 saturated heterocycles. The predicted octanol–water partition coefficient (Wildman–Crippen LogP) is 1.78. The third-order valence-electron chi connectivity index (χ3n) is 6.22. The lowest BCUT2D eigenvalue weighted by Crippen LogP contribution is -2.60. The van der Waals surface area contributed by atoms with Crippen LogP contribution in [0.25, 0.3) is 0 Å². The first-order valence-electron chi connectivity index (χ1n) is 10.6. The quantitative estimate of drug-likeness (QED) is 0.765. The maximum absolute atomic E-state index is 13.2. The molecule has 1 spiro atoms. The van der Waals surface area contributed by atoms with Crippen LogP contribution in [0.5, 0.6) is 17.2 Å². The highest BCUT2D eigenvalue weighted by molar-refractivity contribution is 5.98. The molecule has 32 heavy (non-hydrogen) atoms. The predicted molar refractivity (Wildman–Crippen MR) is 119 cm³/mol. The van der Waals surface area contributed by atoms with Crippen molar-refractivity contribution in [2.45, 2.75) is 12.1 Å². The summed E-state index contributed by atoms with van der Waals surface area (Å²) in [7, 11) is 6.71. The molecule has 0 bridgehead atoms. The lowest BCUT2D eigenvalue weighted by atomic mass is 9.86. The number of rotatable bonds is 5. The summed E-state index contributed by atoms with van der Waals surface area (Å²) in [4.78, 5) is 30.0. The third-order valence-corrected chi connectivity index (χ3v) is 6.22. The number of carbonyl (C=O) groups excluding carboxylic acids is 2. The van der Waals surface area contributed by atoms with Gasteiger partial charge in [-0.25, -0.2) is 0 Å². The minimum Gasteiger partial charge on any atom is -0.497 e. The molecule has 0 aliphatic carbocycles. The monoisotopic (exact) mass is 439 g/mol. The second-order valence-corrected chi connectivity index (χ2v) is 8.53. The summed E-state index contributed by atoms with van der Waals surface area (Å²) in [6.07, 6.45) is 0. The van der Waals surface area contributed by atoms with Crippen molar-refractivity contribution in [2.75, 3.05) is 48.0 Å². The van der Waals surface area contributed by atoms with Gasteiger partial charge in [-0.2, -0.15) is 0 Å². The first kappa shape index (κ1) is 22.0. The molecule has 0 saturated carbocycles. The molecule has 2 heterocycles. The van der Waals surface area contributed by atoms with Gasteiger partial charge in [0.2, 0.25) is 5.91 Å². The molecule has 170 valence electrons. The second kappa shape index (κ2) is 8.70. The van der Waals surface area contributed by atoms with Crippen LogP contribution in [0.3, 0.4) is 0 Å². The number of fused-ring (bicyclic) bond motifs is 1. The summed E-state index contributed by atoms with van der Waals surface area (Å²) in [5.41, 5.74) is 0.623. The number of likely N-dealkylation sites (tertiary alicyclic amines) is 1. The van der Waals surface area contributed by atoms with E-state index in [9.17, 15) is 9.59 Å². The number of hydrogen-bond acceptors (Lipinski definition) is 6. The largest absolute Gasteiger partial charge is 0.497 e. The Hall–Kier alpha value is -3.26. The molecule has 4 rings (SSSR count). The van der Waals surface area contributed by atoms with Gasteiger partial charge in [0.15, 0.2) is 0 Å². The van der Waals surface area contributed by atoms with Gasteiger partial charge in [0, 0.05) is 45.4 Å². The van der Waals surface area contributed by atoms with Crippen LogP contribution in [0.2, 0.25) is 0 Å². The van der Waals surface area contributed by atoms with Crippen molar-refractivity contribution in [3.05, 3.63) is 53.6 Å². The third kappa shape index (κ3) is 3.98. The van der Waals surface area contributed by atoms with E-state index < -0.39 is 11.5 Å². The summed E-state index contributed by atoms with van der Waals surface area (Å²) >= 11 is 0. The number of benzene rings is 2. The Bertz CT molecular complexity index is 1020. The number of ether oxygens (including phenoxy) is 3. The lowest BCUT2D eigenvalue weighted by molar-refractivity contribution is -0.134. The van der Waals surface area contributed by atoms with E-state index in [4.69, 9.17) is 14.2 Å². The van der Waals surface area contributed by atoms with Gasteiger partial charge in [-0.05, 0) is 18.2 Å². The Morgan fingerprint density at radius 2 is 2.00 bits per heavy atom. The van der Waals surface area contributed by atoms with Gasteiger partial charge >= 0.3 is 0 Å². The molecule has 8 nitrogen and oxygen atoms in total. The van der Waals surface area contributed by atoms with E-state index in [1.807, 2.05) is 24.3 Å². The van der Waals surface area contributed by atoms with E-state index in [1.54, 1.807) is 51.4 Å². The zero-order valence-electron chi connectivity index (χ0n) is 18.9. The minimum atomic E-state index is -0.836. The van der Waals surface area contributed by atoms with E-state index in [2.05, 4.69) is 10.2 Å². The standard InChI is InChI=1S/C24H29N3O5/c1-26(2)23(29)19-13-27(12-16-9-10-17(30-3)11-21(16)31-4)14-24(19)15-32-20-8-6-5-7-18(20)22(28)25-24/h5-11,19H,12-15H2,1-4H3,(H,25,28)/t19-,24-/m1/s1. The highest BCUT2D eigenvalue weighted by atomic mass is 16.5. The summed E-state index contributed by atoms with van der Waals surface area (Å²) in [6.45, 7) is 1.75. The van der Waals surface area contributed by atoms with Gasteiger partial charge in [-0.15, -0.1) is 0 Å². The van der Waals surface area contributed by atoms with Crippen molar-refractivity contribution in [3.8, 4) is 17.2 Å². The molecule has 2 amide bonds. The highest BCUT2D eigenvalue weighted by Gasteiger charge is 2.53. The number of nitrogens with zero attached hydrogens (tertiary/aromatic N) is 2. The van der Waals surface area contributed by atoms with E-state index in [1.165, 1.54) is 0 Å². The molecular weight excluding hydrogens is 410 g/mol. The van der Waals surface area contributed by atoms with Gasteiger partial charge in [-0.3, -0.25) is 14.5 Å². The van der Waals surface area contributed by atoms with E-state index >= 15 is 0 Å². The van der Waals surface area contributed by atoms with Gasteiger partial charge in [0.1, 0.15) is 23.9 Å². The molecule has 8 heteroatoms. The lowest BCUT2D eigenvalue weighted by Gasteiger charge is -2.34. The molecule has 2 aromatic rings. The smallest absolute Gasteiger partial charge is 0.255 e. The number of amides is 2. The van der Waals surface area contributed by atoms with Crippen LogP contribution >= 0.6 is 0 Å². The van der Waals surface area contributed by atoms with Crippen molar-refractivity contribution >= 4 is 11.8 Å². The molecule has 2 aliphatic heterocycles. The zero-order valence-corrected chi connectivity index (χ0v) is 18.9. The Kier molecular flexibility index (Phi) is 5.97. The number of methoxy groups -OCH3 is 2. The van der Waals surface area contributed by atoms with E-state index in [0.29, 0.717) is 42.4 Å². The molecule has 2 aromatic carbocycles. The van der Waals surface area contributed by atoms with Gasteiger partial charge in [-0.1, -0.05) is 18.2 Å². The van der Waals surface area contributed by atoms with Crippen LogP contribution in [0.1, 0.15) is 15.9 Å². The van der Waals surface area contributed by atoms with Gasteiger partial charge in [0.05, 0.1) is 31.2 Å². The Balaban J connectivity index is 1.64. The Labute approximate surface area is 188 Å². The number of nitrogens with one attached hydrogen (secondary N) is 1. The molecule has 0 radical (unpaired) electrons. The van der Waals surface area contributed by atoms with Crippen molar-refractivity contribution in [2.24, 2.45) is 5.92 Å². The maximum Gasteiger partial charge on any atom is 0.255 e. The van der Waals surface area contributed by atoms with Crippen molar-refractivity contribution in [1.29, 1.82) is 0 Å². The normalized spacial score (nSPS) is 22.5. The topological polar surface area (TPSA) is 80.3 Å². The van der Waals surface area contributed by atoms with Crippen molar-refractivity contribution in [3.63, 3.8) is 0 Å². The van der Waals surface area contributed by atoms with Crippen LogP contribution in [0, 0.1) is 5.92 Å². The van der Waals surface area contributed by atoms with Crippen LogP contribution in [0.4, 0.5) is 0 Å².